The smallest absolute Gasteiger partial charge is 0.183 e. The number of rotatable bonds is 8. The summed E-state index contributed by atoms with van der Waals surface area (Å²) in [7, 11) is 0. The third kappa shape index (κ3) is 4.35. The summed E-state index contributed by atoms with van der Waals surface area (Å²) in [6.45, 7) is 9.26. The van der Waals surface area contributed by atoms with Gasteiger partial charge in [-0.3, -0.25) is 0 Å². The van der Waals surface area contributed by atoms with Gasteiger partial charge in [0.15, 0.2) is 5.13 Å². The molecule has 0 saturated heterocycles. The van der Waals surface area contributed by atoms with E-state index in [2.05, 4.69) is 24.1 Å². The summed E-state index contributed by atoms with van der Waals surface area (Å²) in [6, 6.07) is 6.00. The molecule has 5 heteroatoms. The van der Waals surface area contributed by atoms with Crippen LogP contribution in [0.3, 0.4) is 0 Å². The summed E-state index contributed by atoms with van der Waals surface area (Å²) in [5.41, 5.74) is 1.00. The van der Waals surface area contributed by atoms with E-state index < -0.39 is 0 Å². The lowest BCUT2D eigenvalue weighted by molar-refractivity contribution is 0.118. The van der Waals surface area contributed by atoms with E-state index in [1.54, 1.807) is 11.3 Å². The molecule has 1 aromatic carbocycles. The van der Waals surface area contributed by atoms with Gasteiger partial charge >= 0.3 is 0 Å². The second-order valence-electron chi connectivity index (χ2n) is 4.98. The summed E-state index contributed by atoms with van der Waals surface area (Å²) in [6.07, 6.45) is 0. The second-order valence-corrected chi connectivity index (χ2v) is 6.01. The van der Waals surface area contributed by atoms with E-state index in [0.29, 0.717) is 19.1 Å². The SMILES string of the molecule is CCOc1ccc2nc(NCCOCC(C)C)sc2c1. The highest BCUT2D eigenvalue weighted by Crippen LogP contribution is 2.29. The minimum Gasteiger partial charge on any atom is -0.494 e. The Morgan fingerprint density at radius 2 is 2.20 bits per heavy atom. The first kappa shape index (κ1) is 15.1. The number of aromatic nitrogens is 1. The molecule has 0 atom stereocenters. The highest BCUT2D eigenvalue weighted by molar-refractivity contribution is 7.22. The number of fused-ring (bicyclic) bond motifs is 1. The number of thiazole rings is 1. The normalized spacial score (nSPS) is 11.2. The fourth-order valence-electron chi connectivity index (χ4n) is 1.79. The molecule has 1 aromatic heterocycles. The zero-order chi connectivity index (χ0) is 14.4. The van der Waals surface area contributed by atoms with Gasteiger partial charge in [-0.25, -0.2) is 4.98 Å². The van der Waals surface area contributed by atoms with E-state index in [-0.39, 0.29) is 0 Å². The maximum atomic E-state index is 5.54. The van der Waals surface area contributed by atoms with Crippen molar-refractivity contribution >= 4 is 26.7 Å². The first-order chi connectivity index (χ1) is 9.69. The molecule has 0 fully saturated rings. The lowest BCUT2D eigenvalue weighted by Crippen LogP contribution is -2.11. The average molecular weight is 294 g/mol. The van der Waals surface area contributed by atoms with E-state index in [4.69, 9.17) is 9.47 Å². The van der Waals surface area contributed by atoms with Crippen molar-refractivity contribution < 1.29 is 9.47 Å². The standard InChI is InChI=1S/C15H22N2O2S/c1-4-19-12-5-6-13-14(9-12)20-15(17-13)16-7-8-18-10-11(2)3/h5-6,9,11H,4,7-8,10H2,1-3H3,(H,16,17). The van der Waals surface area contributed by atoms with Crippen LogP contribution in [0, 0.1) is 5.92 Å². The van der Waals surface area contributed by atoms with Crippen LogP contribution < -0.4 is 10.1 Å². The molecular weight excluding hydrogens is 272 g/mol. The van der Waals surface area contributed by atoms with E-state index in [1.165, 1.54) is 0 Å². The summed E-state index contributed by atoms with van der Waals surface area (Å²) >= 11 is 1.64. The van der Waals surface area contributed by atoms with Crippen LogP contribution in [0.5, 0.6) is 5.75 Å². The lowest BCUT2D eigenvalue weighted by atomic mass is 10.2. The maximum absolute atomic E-state index is 5.54. The first-order valence-electron chi connectivity index (χ1n) is 7.04. The molecule has 0 bridgehead atoms. The van der Waals surface area contributed by atoms with Crippen molar-refractivity contribution in [2.45, 2.75) is 20.8 Å². The number of hydrogen-bond acceptors (Lipinski definition) is 5. The number of anilines is 1. The monoisotopic (exact) mass is 294 g/mol. The predicted octanol–water partition coefficient (Wildman–Crippen LogP) is 3.78. The van der Waals surface area contributed by atoms with Gasteiger partial charge in [-0.15, -0.1) is 0 Å². The van der Waals surface area contributed by atoms with Gasteiger partial charge in [0.05, 0.1) is 23.4 Å². The van der Waals surface area contributed by atoms with Gasteiger partial charge < -0.3 is 14.8 Å². The molecule has 2 aromatic rings. The first-order valence-corrected chi connectivity index (χ1v) is 7.85. The fraction of sp³-hybridized carbons (Fsp3) is 0.533. The lowest BCUT2D eigenvalue weighted by Gasteiger charge is -2.06. The van der Waals surface area contributed by atoms with Crippen molar-refractivity contribution in [1.82, 2.24) is 4.98 Å². The molecule has 0 aliphatic carbocycles. The molecule has 1 heterocycles. The predicted molar refractivity (Wildman–Crippen MR) is 84.9 cm³/mol. The number of ether oxygens (including phenoxy) is 2. The van der Waals surface area contributed by atoms with E-state index in [9.17, 15) is 0 Å². The van der Waals surface area contributed by atoms with Crippen LogP contribution in [0.15, 0.2) is 18.2 Å². The Balaban J connectivity index is 1.87. The van der Waals surface area contributed by atoms with Gasteiger partial charge in [0.25, 0.3) is 0 Å². The Bertz CT molecular complexity index is 540. The molecule has 0 aliphatic heterocycles. The minimum atomic E-state index is 0.578. The Morgan fingerprint density at radius 3 is 2.95 bits per heavy atom. The van der Waals surface area contributed by atoms with Gasteiger partial charge in [0.2, 0.25) is 0 Å². The molecule has 0 aliphatic rings. The van der Waals surface area contributed by atoms with Crippen molar-refractivity contribution in [2.75, 3.05) is 31.7 Å². The number of nitrogens with zero attached hydrogens (tertiary/aromatic N) is 1. The van der Waals surface area contributed by atoms with Crippen LogP contribution in [-0.2, 0) is 4.74 Å². The molecule has 20 heavy (non-hydrogen) atoms. The molecule has 0 spiro atoms. The van der Waals surface area contributed by atoms with E-state index in [1.807, 2.05) is 25.1 Å². The Morgan fingerprint density at radius 1 is 1.35 bits per heavy atom. The molecule has 4 nitrogen and oxygen atoms in total. The van der Waals surface area contributed by atoms with Gasteiger partial charge in [0.1, 0.15) is 5.75 Å². The van der Waals surface area contributed by atoms with Crippen molar-refractivity contribution in [3.05, 3.63) is 18.2 Å². The molecule has 0 amide bonds. The Labute approximate surface area is 124 Å². The molecule has 0 unspecified atom stereocenters. The summed E-state index contributed by atoms with van der Waals surface area (Å²) in [5, 5.41) is 4.23. The molecule has 110 valence electrons. The maximum Gasteiger partial charge on any atom is 0.183 e. The van der Waals surface area contributed by atoms with Gasteiger partial charge in [-0.2, -0.15) is 0 Å². The zero-order valence-corrected chi connectivity index (χ0v) is 13.1. The number of hydrogen-bond donors (Lipinski definition) is 1. The number of nitrogens with one attached hydrogen (secondary N) is 1. The van der Waals surface area contributed by atoms with Gasteiger partial charge in [-0.05, 0) is 31.0 Å². The summed E-state index contributed by atoms with van der Waals surface area (Å²) in [5.74, 6) is 1.48. The van der Waals surface area contributed by atoms with Crippen LogP contribution in [0.2, 0.25) is 0 Å². The van der Waals surface area contributed by atoms with Crippen molar-refractivity contribution in [3.8, 4) is 5.75 Å². The Kier molecular flexibility index (Phi) is 5.61. The van der Waals surface area contributed by atoms with Gasteiger partial charge in [-0.1, -0.05) is 25.2 Å². The molecule has 0 saturated carbocycles. The van der Waals surface area contributed by atoms with Crippen LogP contribution in [0.25, 0.3) is 10.2 Å². The zero-order valence-electron chi connectivity index (χ0n) is 12.3. The third-order valence-electron chi connectivity index (χ3n) is 2.64. The van der Waals surface area contributed by atoms with Crippen molar-refractivity contribution in [1.29, 1.82) is 0 Å². The quantitative estimate of drug-likeness (QED) is 0.752. The summed E-state index contributed by atoms with van der Waals surface area (Å²) in [4.78, 5) is 4.54. The molecular formula is C15H22N2O2S. The fourth-order valence-corrected chi connectivity index (χ4v) is 2.71. The van der Waals surface area contributed by atoms with Crippen molar-refractivity contribution in [2.24, 2.45) is 5.92 Å². The minimum absolute atomic E-state index is 0.578. The average Bonchev–Trinajstić information content (AvgIpc) is 2.80. The molecule has 1 N–H and O–H groups in total. The second kappa shape index (κ2) is 7.45. The van der Waals surface area contributed by atoms with E-state index >= 15 is 0 Å². The van der Waals surface area contributed by atoms with Crippen LogP contribution in [-0.4, -0.2) is 31.3 Å². The van der Waals surface area contributed by atoms with E-state index in [0.717, 1.165) is 34.2 Å². The molecule has 0 radical (unpaired) electrons. The van der Waals surface area contributed by atoms with Gasteiger partial charge in [0, 0.05) is 13.2 Å². The van der Waals surface area contributed by atoms with Crippen LogP contribution >= 0.6 is 11.3 Å². The Hall–Kier alpha value is -1.33. The topological polar surface area (TPSA) is 43.4 Å². The molecule has 2 rings (SSSR count). The largest absolute Gasteiger partial charge is 0.494 e. The highest BCUT2D eigenvalue weighted by Gasteiger charge is 2.04. The number of benzene rings is 1. The van der Waals surface area contributed by atoms with Crippen molar-refractivity contribution in [3.63, 3.8) is 0 Å². The third-order valence-corrected chi connectivity index (χ3v) is 3.62. The summed E-state index contributed by atoms with van der Waals surface area (Å²) < 4.78 is 12.2. The van der Waals surface area contributed by atoms with Crippen LogP contribution in [0.4, 0.5) is 5.13 Å². The van der Waals surface area contributed by atoms with Crippen LogP contribution in [0.1, 0.15) is 20.8 Å². The highest BCUT2D eigenvalue weighted by atomic mass is 32.1.